The number of amides is 1. The summed E-state index contributed by atoms with van der Waals surface area (Å²) in [6.45, 7) is 2.50. The number of hydrogen-bond donors (Lipinski definition) is 2. The highest BCUT2D eigenvalue weighted by Crippen LogP contribution is 2.23. The first-order chi connectivity index (χ1) is 11.5. The third-order valence-electron chi connectivity index (χ3n) is 4.37. The van der Waals surface area contributed by atoms with Crippen LogP contribution in [0.3, 0.4) is 0 Å². The number of hydrogen-bond acceptors (Lipinski definition) is 4. The lowest BCUT2D eigenvalue weighted by molar-refractivity contribution is -0.121. The molecule has 1 fully saturated rings. The van der Waals surface area contributed by atoms with E-state index < -0.39 is 10.0 Å². The van der Waals surface area contributed by atoms with E-state index in [0.717, 1.165) is 25.8 Å². The molecule has 2 N–H and O–H groups in total. The van der Waals surface area contributed by atoms with Gasteiger partial charge in [-0.15, -0.1) is 12.4 Å². The molecular weight excluding hydrogens is 362 g/mol. The minimum atomic E-state index is -3.39. The lowest BCUT2D eigenvalue weighted by Gasteiger charge is -2.31. The molecule has 0 bridgehead atoms. The van der Waals surface area contributed by atoms with Crippen LogP contribution in [0.25, 0.3) is 0 Å². The van der Waals surface area contributed by atoms with Crippen molar-refractivity contribution in [2.24, 2.45) is 5.92 Å². The fourth-order valence-electron chi connectivity index (χ4n) is 2.87. The highest BCUT2D eigenvalue weighted by molar-refractivity contribution is 7.89. The number of sulfonamides is 1. The fraction of sp³-hybridized carbons (Fsp3) is 0.588. The van der Waals surface area contributed by atoms with Gasteiger partial charge in [-0.1, -0.05) is 18.2 Å². The van der Waals surface area contributed by atoms with Crippen molar-refractivity contribution in [2.45, 2.75) is 30.6 Å². The summed E-state index contributed by atoms with van der Waals surface area (Å²) >= 11 is 0. The van der Waals surface area contributed by atoms with Crippen LogP contribution >= 0.6 is 12.4 Å². The molecule has 1 amide bonds. The van der Waals surface area contributed by atoms with E-state index in [1.54, 1.807) is 28.6 Å². The summed E-state index contributed by atoms with van der Waals surface area (Å²) in [5.74, 6) is 0.421. The van der Waals surface area contributed by atoms with Gasteiger partial charge in [0.05, 0.1) is 4.90 Å². The third kappa shape index (κ3) is 6.58. The summed E-state index contributed by atoms with van der Waals surface area (Å²) < 4.78 is 26.7. The predicted molar refractivity (Wildman–Crippen MR) is 101 cm³/mol. The van der Waals surface area contributed by atoms with Crippen molar-refractivity contribution in [2.75, 3.05) is 33.2 Å². The standard InChI is InChI=1S/C17H27N3O3S.ClH/c1-18-11-5-8-17(21)19-14-15-9-12-20(13-10-15)24(22,23)16-6-3-2-4-7-16;/h2-4,6-7,15,18H,5,8-14H2,1H3,(H,19,21);1H. The van der Waals surface area contributed by atoms with Gasteiger partial charge in [-0.3, -0.25) is 4.79 Å². The van der Waals surface area contributed by atoms with E-state index in [0.29, 0.717) is 36.9 Å². The zero-order valence-corrected chi connectivity index (χ0v) is 16.2. The third-order valence-corrected chi connectivity index (χ3v) is 6.29. The molecule has 25 heavy (non-hydrogen) atoms. The average molecular weight is 390 g/mol. The van der Waals surface area contributed by atoms with Gasteiger partial charge in [-0.05, 0) is 50.9 Å². The van der Waals surface area contributed by atoms with Crippen molar-refractivity contribution < 1.29 is 13.2 Å². The van der Waals surface area contributed by atoms with Crippen molar-refractivity contribution in [3.63, 3.8) is 0 Å². The van der Waals surface area contributed by atoms with Gasteiger partial charge in [0.25, 0.3) is 0 Å². The molecule has 0 aromatic heterocycles. The molecule has 1 aliphatic heterocycles. The molecule has 0 atom stereocenters. The van der Waals surface area contributed by atoms with Crippen LogP contribution in [-0.2, 0) is 14.8 Å². The van der Waals surface area contributed by atoms with Gasteiger partial charge in [0, 0.05) is 26.1 Å². The molecule has 1 saturated heterocycles. The molecular formula is C17H28ClN3O3S. The summed E-state index contributed by atoms with van der Waals surface area (Å²) in [7, 11) is -1.52. The second-order valence-electron chi connectivity index (χ2n) is 6.17. The Balaban J connectivity index is 0.00000312. The summed E-state index contributed by atoms with van der Waals surface area (Å²) in [5, 5.41) is 5.98. The first-order valence-electron chi connectivity index (χ1n) is 8.50. The fourth-order valence-corrected chi connectivity index (χ4v) is 4.36. The Bertz CT molecular complexity index is 617. The van der Waals surface area contributed by atoms with E-state index in [1.165, 1.54) is 0 Å². The molecule has 0 unspecified atom stereocenters. The van der Waals surface area contributed by atoms with Crippen LogP contribution in [0.15, 0.2) is 35.2 Å². The molecule has 1 aromatic rings. The Labute approximate surface area is 156 Å². The number of rotatable bonds is 8. The monoisotopic (exact) mass is 389 g/mol. The molecule has 1 aliphatic rings. The van der Waals surface area contributed by atoms with Crippen molar-refractivity contribution in [1.29, 1.82) is 0 Å². The second kappa shape index (κ2) is 10.8. The van der Waals surface area contributed by atoms with E-state index in [4.69, 9.17) is 0 Å². The first-order valence-corrected chi connectivity index (χ1v) is 9.94. The average Bonchev–Trinajstić information content (AvgIpc) is 2.61. The Morgan fingerprint density at radius 1 is 1.20 bits per heavy atom. The Morgan fingerprint density at radius 2 is 1.84 bits per heavy atom. The van der Waals surface area contributed by atoms with Crippen LogP contribution in [0.2, 0.25) is 0 Å². The van der Waals surface area contributed by atoms with Crippen LogP contribution < -0.4 is 10.6 Å². The molecule has 8 heteroatoms. The summed E-state index contributed by atoms with van der Waals surface area (Å²) in [6.07, 6.45) is 2.92. The van der Waals surface area contributed by atoms with E-state index in [9.17, 15) is 13.2 Å². The topological polar surface area (TPSA) is 78.5 Å². The van der Waals surface area contributed by atoms with Gasteiger partial charge in [0.1, 0.15) is 0 Å². The Hall–Kier alpha value is -1.15. The van der Waals surface area contributed by atoms with E-state index in [-0.39, 0.29) is 18.3 Å². The zero-order valence-electron chi connectivity index (χ0n) is 14.6. The molecule has 0 radical (unpaired) electrons. The normalized spacial score (nSPS) is 16.2. The molecule has 142 valence electrons. The van der Waals surface area contributed by atoms with E-state index >= 15 is 0 Å². The quantitative estimate of drug-likeness (QED) is 0.662. The van der Waals surface area contributed by atoms with Gasteiger partial charge in [-0.2, -0.15) is 4.31 Å². The van der Waals surface area contributed by atoms with Crippen molar-refractivity contribution >= 4 is 28.3 Å². The maximum Gasteiger partial charge on any atom is 0.243 e. The molecule has 1 heterocycles. The molecule has 0 spiro atoms. The SMILES string of the molecule is CNCCCC(=O)NCC1CCN(S(=O)(=O)c2ccccc2)CC1.Cl. The number of piperidine rings is 1. The van der Waals surface area contributed by atoms with Gasteiger partial charge < -0.3 is 10.6 Å². The van der Waals surface area contributed by atoms with Gasteiger partial charge in [0.2, 0.25) is 15.9 Å². The van der Waals surface area contributed by atoms with Crippen LogP contribution in [0.4, 0.5) is 0 Å². The number of carbonyl (C=O) groups is 1. The minimum Gasteiger partial charge on any atom is -0.356 e. The lowest BCUT2D eigenvalue weighted by Crippen LogP contribution is -2.41. The highest BCUT2D eigenvalue weighted by Gasteiger charge is 2.29. The van der Waals surface area contributed by atoms with Crippen molar-refractivity contribution in [3.05, 3.63) is 30.3 Å². The molecule has 0 aliphatic carbocycles. The molecule has 2 rings (SSSR count). The lowest BCUT2D eigenvalue weighted by atomic mass is 9.98. The van der Waals surface area contributed by atoms with Crippen molar-refractivity contribution in [3.8, 4) is 0 Å². The maximum atomic E-state index is 12.6. The van der Waals surface area contributed by atoms with Crippen LogP contribution in [0, 0.1) is 5.92 Å². The summed E-state index contributed by atoms with van der Waals surface area (Å²) in [5.41, 5.74) is 0. The first kappa shape index (κ1) is 21.9. The molecule has 6 nitrogen and oxygen atoms in total. The Kier molecular flexibility index (Phi) is 9.42. The van der Waals surface area contributed by atoms with E-state index in [2.05, 4.69) is 10.6 Å². The van der Waals surface area contributed by atoms with Gasteiger partial charge in [-0.25, -0.2) is 8.42 Å². The van der Waals surface area contributed by atoms with Crippen LogP contribution in [0.5, 0.6) is 0 Å². The smallest absolute Gasteiger partial charge is 0.243 e. The Morgan fingerprint density at radius 3 is 2.44 bits per heavy atom. The number of carbonyl (C=O) groups excluding carboxylic acids is 1. The summed E-state index contributed by atoms with van der Waals surface area (Å²) in [6, 6.07) is 8.55. The van der Waals surface area contributed by atoms with Crippen molar-refractivity contribution in [1.82, 2.24) is 14.9 Å². The van der Waals surface area contributed by atoms with E-state index in [1.807, 2.05) is 13.1 Å². The highest BCUT2D eigenvalue weighted by atomic mass is 35.5. The van der Waals surface area contributed by atoms with Gasteiger partial charge >= 0.3 is 0 Å². The number of nitrogens with zero attached hydrogens (tertiary/aromatic N) is 1. The largest absolute Gasteiger partial charge is 0.356 e. The summed E-state index contributed by atoms with van der Waals surface area (Å²) in [4.78, 5) is 12.1. The molecule has 0 saturated carbocycles. The maximum absolute atomic E-state index is 12.6. The predicted octanol–water partition coefficient (Wildman–Crippen LogP) is 1.62. The van der Waals surface area contributed by atoms with Crippen LogP contribution in [-0.4, -0.2) is 51.9 Å². The molecule has 1 aromatic carbocycles. The van der Waals surface area contributed by atoms with Gasteiger partial charge in [0.15, 0.2) is 0 Å². The zero-order chi connectivity index (χ0) is 17.4. The number of benzene rings is 1. The number of halogens is 1. The second-order valence-corrected chi connectivity index (χ2v) is 8.11. The van der Waals surface area contributed by atoms with Crippen LogP contribution in [0.1, 0.15) is 25.7 Å². The number of nitrogens with one attached hydrogen (secondary N) is 2. The minimum absolute atomic E-state index is 0.